The molecule has 4 nitrogen and oxygen atoms in total. The molecule has 0 saturated heterocycles. The van der Waals surface area contributed by atoms with Crippen molar-refractivity contribution < 1.29 is 4.42 Å². The summed E-state index contributed by atoms with van der Waals surface area (Å²) in [7, 11) is 0. The van der Waals surface area contributed by atoms with E-state index in [1.807, 2.05) is 12.1 Å². The van der Waals surface area contributed by atoms with Crippen LogP contribution in [-0.2, 0) is 0 Å². The first-order valence-corrected chi connectivity index (χ1v) is 17.6. The molecule has 4 heteroatoms. The van der Waals surface area contributed by atoms with E-state index in [9.17, 15) is 0 Å². The number of hydrogen-bond donors (Lipinski definition) is 0. The molecule has 0 aliphatic rings. The van der Waals surface area contributed by atoms with E-state index in [4.69, 9.17) is 14.4 Å². The zero-order valence-electron chi connectivity index (χ0n) is 28.0. The lowest BCUT2D eigenvalue weighted by Gasteiger charge is -2.10. The van der Waals surface area contributed by atoms with Crippen molar-refractivity contribution in [3.05, 3.63) is 176 Å². The molecule has 4 aromatic heterocycles. The van der Waals surface area contributed by atoms with Gasteiger partial charge >= 0.3 is 0 Å². The summed E-state index contributed by atoms with van der Waals surface area (Å²) in [5, 5.41) is 6.91. The Kier molecular flexibility index (Phi) is 6.22. The molecule has 0 amide bonds. The van der Waals surface area contributed by atoms with Crippen LogP contribution in [-0.4, -0.2) is 14.5 Å². The average Bonchev–Trinajstić information content (AvgIpc) is 3.77. The van der Waals surface area contributed by atoms with Gasteiger partial charge in [-0.05, 0) is 48.0 Å². The van der Waals surface area contributed by atoms with Crippen LogP contribution in [0.4, 0.5) is 0 Å². The highest BCUT2D eigenvalue weighted by atomic mass is 16.3. The lowest BCUT2D eigenvalue weighted by atomic mass is 10.00. The van der Waals surface area contributed by atoms with Gasteiger partial charge in [0.1, 0.15) is 11.2 Å². The van der Waals surface area contributed by atoms with Crippen LogP contribution in [0.3, 0.4) is 0 Å². The van der Waals surface area contributed by atoms with Crippen molar-refractivity contribution in [2.45, 2.75) is 0 Å². The summed E-state index contributed by atoms with van der Waals surface area (Å²) in [6, 6.07) is 61.9. The normalized spacial score (nSPS) is 11.8. The Morgan fingerprint density at radius 2 is 0.885 bits per heavy atom. The van der Waals surface area contributed by atoms with E-state index >= 15 is 0 Å². The number of furan rings is 1. The Bertz CT molecular complexity index is 3120. The van der Waals surface area contributed by atoms with E-state index in [0.717, 1.165) is 83.1 Å². The van der Waals surface area contributed by atoms with Crippen molar-refractivity contribution >= 4 is 65.6 Å². The monoisotopic (exact) mass is 663 g/mol. The highest BCUT2D eigenvalue weighted by Crippen LogP contribution is 2.37. The van der Waals surface area contributed by atoms with Crippen molar-refractivity contribution in [1.82, 2.24) is 14.5 Å². The predicted octanol–water partition coefficient (Wildman–Crippen LogP) is 12.8. The van der Waals surface area contributed by atoms with Crippen molar-refractivity contribution in [2.24, 2.45) is 0 Å². The standard InChI is InChI=1S/C48H29N3O/c1-4-13-43-37(8-1)38-9-2-5-14-44(38)51(43)35-26-22-32(23-27-35)42-29-25-34-21-20-33-24-28-41(49-46(33)47(34)50-42)31-18-16-30(17-19-31)36-11-7-12-40-39-10-3-6-15-45(39)52-48(36)40/h1-29H. The molecule has 0 atom stereocenters. The average molecular weight is 664 g/mol. The Labute approximate surface area is 298 Å². The SMILES string of the molecule is c1ccc2c(c1)oc1c(-c3ccc(-c4ccc5ccc6ccc(-c7ccc(-n8c9ccccc9c9ccccc98)cc7)nc6c5n4)cc3)cccc12. The second kappa shape index (κ2) is 11.2. The number of rotatable bonds is 4. The smallest absolute Gasteiger partial charge is 0.143 e. The molecule has 0 saturated carbocycles. The van der Waals surface area contributed by atoms with Gasteiger partial charge in [-0.15, -0.1) is 0 Å². The summed E-state index contributed by atoms with van der Waals surface area (Å²) < 4.78 is 8.66. The van der Waals surface area contributed by atoms with Crippen LogP contribution in [0.1, 0.15) is 0 Å². The van der Waals surface area contributed by atoms with Gasteiger partial charge in [0.2, 0.25) is 0 Å². The lowest BCUT2D eigenvalue weighted by Crippen LogP contribution is -1.94. The van der Waals surface area contributed by atoms with Gasteiger partial charge in [-0.25, -0.2) is 9.97 Å². The maximum Gasteiger partial charge on any atom is 0.143 e. The molecule has 0 fully saturated rings. The third-order valence-electron chi connectivity index (χ3n) is 10.4. The van der Waals surface area contributed by atoms with Gasteiger partial charge in [0, 0.05) is 54.7 Å². The minimum atomic E-state index is 0.898. The van der Waals surface area contributed by atoms with Gasteiger partial charge in [0.05, 0.1) is 33.5 Å². The Morgan fingerprint density at radius 1 is 0.385 bits per heavy atom. The van der Waals surface area contributed by atoms with E-state index in [0.29, 0.717) is 0 Å². The third-order valence-corrected chi connectivity index (χ3v) is 10.4. The number of para-hydroxylation sites is 4. The van der Waals surface area contributed by atoms with Gasteiger partial charge in [0.25, 0.3) is 0 Å². The summed E-state index contributed by atoms with van der Waals surface area (Å²) in [6.45, 7) is 0. The number of aromatic nitrogens is 3. The van der Waals surface area contributed by atoms with Crippen LogP contribution in [0.15, 0.2) is 180 Å². The Balaban J connectivity index is 0.959. The first-order valence-electron chi connectivity index (χ1n) is 17.6. The third kappa shape index (κ3) is 4.41. The molecular formula is C48H29N3O. The van der Waals surface area contributed by atoms with Crippen LogP contribution in [0.2, 0.25) is 0 Å². The molecule has 4 heterocycles. The quantitative estimate of drug-likeness (QED) is 0.176. The maximum atomic E-state index is 6.32. The number of pyridine rings is 2. The van der Waals surface area contributed by atoms with Crippen LogP contribution in [0.25, 0.3) is 105 Å². The van der Waals surface area contributed by atoms with E-state index in [2.05, 4.69) is 168 Å². The van der Waals surface area contributed by atoms with Gasteiger partial charge in [-0.2, -0.15) is 0 Å². The van der Waals surface area contributed by atoms with Crippen molar-refractivity contribution in [1.29, 1.82) is 0 Å². The van der Waals surface area contributed by atoms with E-state index in [1.54, 1.807) is 0 Å². The second-order valence-corrected chi connectivity index (χ2v) is 13.4. The van der Waals surface area contributed by atoms with Gasteiger partial charge in [0.15, 0.2) is 0 Å². The number of benzene rings is 7. The fourth-order valence-corrected chi connectivity index (χ4v) is 7.87. The van der Waals surface area contributed by atoms with E-state index in [1.165, 1.54) is 21.8 Å². The predicted molar refractivity (Wildman–Crippen MR) is 215 cm³/mol. The first kappa shape index (κ1) is 28.8. The Hall–Kier alpha value is -7.04. The fraction of sp³-hybridized carbons (Fsp3) is 0. The minimum Gasteiger partial charge on any atom is -0.455 e. The van der Waals surface area contributed by atoms with Gasteiger partial charge < -0.3 is 8.98 Å². The molecule has 0 radical (unpaired) electrons. The highest BCUT2D eigenvalue weighted by Gasteiger charge is 2.15. The molecule has 0 bridgehead atoms. The fourth-order valence-electron chi connectivity index (χ4n) is 7.87. The van der Waals surface area contributed by atoms with Gasteiger partial charge in [-0.3, -0.25) is 0 Å². The van der Waals surface area contributed by atoms with Crippen molar-refractivity contribution in [2.75, 3.05) is 0 Å². The minimum absolute atomic E-state index is 0.898. The van der Waals surface area contributed by atoms with Crippen LogP contribution >= 0.6 is 0 Å². The molecule has 0 aliphatic carbocycles. The lowest BCUT2D eigenvalue weighted by molar-refractivity contribution is 0.670. The molecule has 0 spiro atoms. The van der Waals surface area contributed by atoms with Crippen LogP contribution in [0.5, 0.6) is 0 Å². The molecule has 52 heavy (non-hydrogen) atoms. The van der Waals surface area contributed by atoms with Crippen LogP contribution < -0.4 is 0 Å². The zero-order chi connectivity index (χ0) is 34.2. The van der Waals surface area contributed by atoms with Crippen molar-refractivity contribution in [3.63, 3.8) is 0 Å². The zero-order valence-corrected chi connectivity index (χ0v) is 28.0. The molecule has 7 aromatic carbocycles. The number of nitrogens with zero attached hydrogens (tertiary/aromatic N) is 3. The van der Waals surface area contributed by atoms with E-state index in [-0.39, 0.29) is 0 Å². The molecular weight excluding hydrogens is 635 g/mol. The maximum absolute atomic E-state index is 6.32. The summed E-state index contributed by atoms with van der Waals surface area (Å²) in [4.78, 5) is 10.4. The molecule has 11 rings (SSSR count). The largest absolute Gasteiger partial charge is 0.455 e. The Morgan fingerprint density at radius 3 is 1.52 bits per heavy atom. The summed E-state index contributed by atoms with van der Waals surface area (Å²) >= 11 is 0. The summed E-state index contributed by atoms with van der Waals surface area (Å²) in [5.41, 5.74) is 13.3. The molecule has 0 N–H and O–H groups in total. The highest BCUT2D eigenvalue weighted by molar-refractivity contribution is 6.10. The molecule has 0 unspecified atom stereocenters. The van der Waals surface area contributed by atoms with E-state index < -0.39 is 0 Å². The van der Waals surface area contributed by atoms with Crippen molar-refractivity contribution in [3.8, 4) is 39.3 Å². The van der Waals surface area contributed by atoms with Crippen LogP contribution in [0, 0.1) is 0 Å². The van der Waals surface area contributed by atoms with Gasteiger partial charge in [-0.1, -0.05) is 133 Å². The topological polar surface area (TPSA) is 43.9 Å². The molecule has 11 aromatic rings. The second-order valence-electron chi connectivity index (χ2n) is 13.4. The first-order chi connectivity index (χ1) is 25.8. The summed E-state index contributed by atoms with van der Waals surface area (Å²) in [5.74, 6) is 0. The number of fused-ring (bicyclic) bond motifs is 9. The number of hydrogen-bond acceptors (Lipinski definition) is 3. The molecule has 242 valence electrons. The summed E-state index contributed by atoms with van der Waals surface area (Å²) in [6.07, 6.45) is 0. The molecule has 0 aliphatic heterocycles.